The van der Waals surface area contributed by atoms with Gasteiger partial charge in [0.15, 0.2) is 0 Å². The van der Waals surface area contributed by atoms with Crippen LogP contribution in [0.2, 0.25) is 5.02 Å². The highest BCUT2D eigenvalue weighted by atomic mass is 35.5. The first-order chi connectivity index (χ1) is 9.04. The minimum absolute atomic E-state index is 0.166. The van der Waals surface area contributed by atoms with Crippen molar-refractivity contribution >= 4 is 17.5 Å². The van der Waals surface area contributed by atoms with Crippen molar-refractivity contribution in [1.82, 2.24) is 4.90 Å². The van der Waals surface area contributed by atoms with E-state index in [1.54, 1.807) is 7.11 Å². The number of aryl methyl sites for hydroxylation is 1. The third-order valence-electron chi connectivity index (χ3n) is 3.78. The molecule has 1 saturated heterocycles. The van der Waals surface area contributed by atoms with Crippen molar-refractivity contribution in [2.75, 3.05) is 20.2 Å². The highest BCUT2D eigenvalue weighted by molar-refractivity contribution is 6.32. The maximum atomic E-state index is 12.3. The Bertz CT molecular complexity index is 493. The smallest absolute Gasteiger partial charge is 0.227 e. The first kappa shape index (κ1) is 14.2. The third-order valence-corrected chi connectivity index (χ3v) is 4.36. The van der Waals surface area contributed by atoms with Gasteiger partial charge < -0.3 is 9.64 Å². The molecule has 0 aromatic heterocycles. The Morgan fingerprint density at radius 2 is 2.00 bits per heavy atom. The van der Waals surface area contributed by atoms with Gasteiger partial charge >= 0.3 is 0 Å². The first-order valence-electron chi connectivity index (χ1n) is 6.65. The number of amides is 1. The second kappa shape index (κ2) is 5.83. The molecular weight excluding hydrogens is 262 g/mol. The largest absolute Gasteiger partial charge is 0.496 e. The summed E-state index contributed by atoms with van der Waals surface area (Å²) in [6.45, 7) is 5.65. The minimum atomic E-state index is 0.166. The normalized spacial score (nSPS) is 14.8. The van der Waals surface area contributed by atoms with Gasteiger partial charge in [0, 0.05) is 23.7 Å². The fourth-order valence-corrected chi connectivity index (χ4v) is 2.76. The average Bonchev–Trinajstić information content (AvgIpc) is 2.93. The number of halogens is 1. The Hall–Kier alpha value is -1.22. The standard InChI is InChI=1S/C15H20ClNO2/c1-10-8-13(19-3)12(11(2)15(10)16)9-14(18)17-6-4-5-7-17/h8H,4-7,9H2,1-3H3. The topological polar surface area (TPSA) is 29.5 Å². The number of benzene rings is 1. The van der Waals surface area contributed by atoms with E-state index in [9.17, 15) is 4.79 Å². The van der Waals surface area contributed by atoms with Crippen LogP contribution in [0.3, 0.4) is 0 Å². The number of methoxy groups -OCH3 is 1. The summed E-state index contributed by atoms with van der Waals surface area (Å²) >= 11 is 6.27. The van der Waals surface area contributed by atoms with Gasteiger partial charge in [0.1, 0.15) is 5.75 Å². The van der Waals surface area contributed by atoms with Crippen LogP contribution in [-0.2, 0) is 11.2 Å². The quantitative estimate of drug-likeness (QED) is 0.852. The molecule has 0 atom stereocenters. The monoisotopic (exact) mass is 281 g/mol. The summed E-state index contributed by atoms with van der Waals surface area (Å²) in [4.78, 5) is 14.2. The van der Waals surface area contributed by atoms with Crippen LogP contribution in [-0.4, -0.2) is 31.0 Å². The zero-order valence-electron chi connectivity index (χ0n) is 11.8. The van der Waals surface area contributed by atoms with Crippen molar-refractivity contribution in [3.8, 4) is 5.75 Å². The van der Waals surface area contributed by atoms with Crippen molar-refractivity contribution in [2.24, 2.45) is 0 Å². The number of hydrogen-bond donors (Lipinski definition) is 0. The molecule has 0 radical (unpaired) electrons. The van der Waals surface area contributed by atoms with E-state index in [1.807, 2.05) is 24.8 Å². The maximum absolute atomic E-state index is 12.3. The van der Waals surface area contributed by atoms with E-state index < -0.39 is 0 Å². The molecule has 2 rings (SSSR count). The Balaban J connectivity index is 2.28. The molecule has 1 aliphatic rings. The van der Waals surface area contributed by atoms with Gasteiger partial charge in [-0.05, 0) is 43.9 Å². The summed E-state index contributed by atoms with van der Waals surface area (Å²) in [7, 11) is 1.63. The molecule has 0 saturated carbocycles. The molecule has 0 spiro atoms. The Kier molecular flexibility index (Phi) is 4.35. The lowest BCUT2D eigenvalue weighted by atomic mass is 10.0. The number of hydrogen-bond acceptors (Lipinski definition) is 2. The lowest BCUT2D eigenvalue weighted by Crippen LogP contribution is -2.29. The first-order valence-corrected chi connectivity index (χ1v) is 7.02. The Labute approximate surface area is 119 Å². The fourth-order valence-electron chi connectivity index (χ4n) is 2.59. The van der Waals surface area contributed by atoms with Crippen LogP contribution in [0.4, 0.5) is 0 Å². The van der Waals surface area contributed by atoms with Gasteiger partial charge in [0.05, 0.1) is 13.5 Å². The predicted molar refractivity (Wildman–Crippen MR) is 77.0 cm³/mol. The number of ether oxygens (including phenoxy) is 1. The third kappa shape index (κ3) is 2.86. The molecule has 3 nitrogen and oxygen atoms in total. The average molecular weight is 282 g/mol. The van der Waals surface area contributed by atoms with Gasteiger partial charge in [-0.2, -0.15) is 0 Å². The molecule has 0 bridgehead atoms. The molecule has 0 N–H and O–H groups in total. The number of carbonyl (C=O) groups is 1. The molecule has 19 heavy (non-hydrogen) atoms. The summed E-state index contributed by atoms with van der Waals surface area (Å²) in [5.41, 5.74) is 2.84. The van der Waals surface area contributed by atoms with E-state index in [1.165, 1.54) is 0 Å². The van der Waals surface area contributed by atoms with Crippen molar-refractivity contribution in [1.29, 1.82) is 0 Å². The molecule has 1 aliphatic heterocycles. The summed E-state index contributed by atoms with van der Waals surface area (Å²) in [5.74, 6) is 0.922. The number of carbonyl (C=O) groups excluding carboxylic acids is 1. The lowest BCUT2D eigenvalue weighted by molar-refractivity contribution is -0.129. The van der Waals surface area contributed by atoms with Crippen LogP contribution >= 0.6 is 11.6 Å². The highest BCUT2D eigenvalue weighted by Gasteiger charge is 2.21. The number of rotatable bonds is 3. The molecule has 1 amide bonds. The molecule has 1 fully saturated rings. The van der Waals surface area contributed by atoms with Gasteiger partial charge in [0.25, 0.3) is 0 Å². The highest BCUT2D eigenvalue weighted by Crippen LogP contribution is 2.32. The fraction of sp³-hybridized carbons (Fsp3) is 0.533. The van der Waals surface area contributed by atoms with Crippen LogP contribution in [0, 0.1) is 13.8 Å². The molecular formula is C15H20ClNO2. The number of nitrogens with zero attached hydrogens (tertiary/aromatic N) is 1. The van der Waals surface area contributed by atoms with Crippen molar-refractivity contribution in [3.05, 3.63) is 27.8 Å². The maximum Gasteiger partial charge on any atom is 0.227 e. The van der Waals surface area contributed by atoms with Gasteiger partial charge in [-0.15, -0.1) is 0 Å². The molecule has 104 valence electrons. The zero-order valence-corrected chi connectivity index (χ0v) is 12.5. The van der Waals surface area contributed by atoms with E-state index in [0.29, 0.717) is 6.42 Å². The number of likely N-dealkylation sites (tertiary alicyclic amines) is 1. The van der Waals surface area contributed by atoms with Crippen LogP contribution in [0.15, 0.2) is 6.07 Å². The molecule has 1 aromatic carbocycles. The molecule has 1 heterocycles. The van der Waals surface area contributed by atoms with Crippen molar-refractivity contribution < 1.29 is 9.53 Å². The van der Waals surface area contributed by atoms with Gasteiger partial charge in [-0.25, -0.2) is 0 Å². The predicted octanol–water partition coefficient (Wildman–Crippen LogP) is 3.13. The minimum Gasteiger partial charge on any atom is -0.496 e. The van der Waals surface area contributed by atoms with Gasteiger partial charge in [-0.3, -0.25) is 4.79 Å². The van der Waals surface area contributed by atoms with Crippen LogP contribution < -0.4 is 4.74 Å². The van der Waals surface area contributed by atoms with Crippen molar-refractivity contribution in [2.45, 2.75) is 33.1 Å². The Morgan fingerprint density at radius 1 is 1.37 bits per heavy atom. The second-order valence-electron chi connectivity index (χ2n) is 5.08. The van der Waals surface area contributed by atoms with Crippen LogP contribution in [0.1, 0.15) is 29.5 Å². The summed E-state index contributed by atoms with van der Waals surface area (Å²) in [6.07, 6.45) is 2.59. The zero-order chi connectivity index (χ0) is 14.0. The van der Waals surface area contributed by atoms with E-state index in [4.69, 9.17) is 16.3 Å². The summed E-state index contributed by atoms with van der Waals surface area (Å²) < 4.78 is 5.40. The SMILES string of the molecule is COc1cc(C)c(Cl)c(C)c1CC(=O)N1CCCC1. The summed E-state index contributed by atoms with van der Waals surface area (Å²) in [6, 6.07) is 1.90. The molecule has 0 aliphatic carbocycles. The van der Waals surface area contributed by atoms with E-state index in [2.05, 4.69) is 0 Å². The molecule has 0 unspecified atom stereocenters. The Morgan fingerprint density at radius 3 is 2.58 bits per heavy atom. The van der Waals surface area contributed by atoms with E-state index in [-0.39, 0.29) is 5.91 Å². The molecule has 4 heteroatoms. The van der Waals surface area contributed by atoms with Gasteiger partial charge in [0.2, 0.25) is 5.91 Å². The second-order valence-corrected chi connectivity index (χ2v) is 5.46. The van der Waals surface area contributed by atoms with Gasteiger partial charge in [-0.1, -0.05) is 11.6 Å². The van der Waals surface area contributed by atoms with Crippen LogP contribution in [0.5, 0.6) is 5.75 Å². The lowest BCUT2D eigenvalue weighted by Gasteiger charge is -2.19. The van der Waals surface area contributed by atoms with Crippen LogP contribution in [0.25, 0.3) is 0 Å². The van der Waals surface area contributed by atoms with Crippen molar-refractivity contribution in [3.63, 3.8) is 0 Å². The summed E-state index contributed by atoms with van der Waals surface area (Å²) in [5, 5.41) is 0.727. The van der Waals surface area contributed by atoms with E-state index in [0.717, 1.165) is 53.4 Å². The molecule has 1 aromatic rings. The van der Waals surface area contributed by atoms with E-state index >= 15 is 0 Å².